The van der Waals surface area contributed by atoms with Gasteiger partial charge in [-0.3, -0.25) is 4.79 Å². The summed E-state index contributed by atoms with van der Waals surface area (Å²) in [4.78, 5) is 11.9. The van der Waals surface area contributed by atoms with Crippen molar-refractivity contribution in [3.05, 3.63) is 23.2 Å². The molecule has 1 saturated carbocycles. The molecule has 3 heteroatoms. The Labute approximate surface area is 96.2 Å². The molecule has 0 spiro atoms. The molecule has 0 saturated heterocycles. The van der Waals surface area contributed by atoms with E-state index in [0.717, 1.165) is 24.2 Å². The van der Waals surface area contributed by atoms with Crippen molar-refractivity contribution in [2.45, 2.75) is 52.0 Å². The molecule has 0 aliphatic heterocycles. The third-order valence-electron chi connectivity index (χ3n) is 3.33. The zero-order chi connectivity index (χ0) is 11.5. The molecule has 3 nitrogen and oxygen atoms in total. The van der Waals surface area contributed by atoms with Gasteiger partial charge in [0.15, 0.2) is 5.76 Å². The summed E-state index contributed by atoms with van der Waals surface area (Å²) in [5, 5.41) is 3.04. The molecule has 1 aromatic heterocycles. The van der Waals surface area contributed by atoms with Crippen LogP contribution < -0.4 is 5.32 Å². The van der Waals surface area contributed by atoms with E-state index in [2.05, 4.69) is 5.32 Å². The van der Waals surface area contributed by atoms with Crippen LogP contribution in [-0.2, 0) is 0 Å². The normalized spacial score (nSPS) is 17.4. The molecule has 0 bridgehead atoms. The smallest absolute Gasteiger partial charge is 0.287 e. The molecule has 0 unspecified atom stereocenters. The molecule has 2 rings (SSSR count). The maximum atomic E-state index is 11.9. The van der Waals surface area contributed by atoms with E-state index >= 15 is 0 Å². The van der Waals surface area contributed by atoms with Crippen molar-refractivity contribution in [2.24, 2.45) is 0 Å². The van der Waals surface area contributed by atoms with Gasteiger partial charge < -0.3 is 9.73 Å². The number of furan rings is 1. The highest BCUT2D eigenvalue weighted by Gasteiger charge is 2.19. The standard InChI is InChI=1S/C13H19NO2/c1-9-8-12(16-10(9)2)13(15)14-11-6-4-3-5-7-11/h8,11H,3-7H2,1-2H3,(H,14,15). The van der Waals surface area contributed by atoms with Gasteiger partial charge in [-0.1, -0.05) is 19.3 Å². The van der Waals surface area contributed by atoms with Gasteiger partial charge in [-0.25, -0.2) is 0 Å². The van der Waals surface area contributed by atoms with Crippen molar-refractivity contribution < 1.29 is 9.21 Å². The Morgan fingerprint density at radius 1 is 1.31 bits per heavy atom. The Hall–Kier alpha value is -1.25. The predicted octanol–water partition coefficient (Wildman–Crippen LogP) is 2.96. The van der Waals surface area contributed by atoms with Crippen molar-refractivity contribution in [3.8, 4) is 0 Å². The van der Waals surface area contributed by atoms with Crippen molar-refractivity contribution in [1.29, 1.82) is 0 Å². The zero-order valence-electron chi connectivity index (χ0n) is 10.0. The fourth-order valence-corrected chi connectivity index (χ4v) is 2.19. The summed E-state index contributed by atoms with van der Waals surface area (Å²) in [5.41, 5.74) is 1.04. The van der Waals surface area contributed by atoms with Crippen molar-refractivity contribution in [3.63, 3.8) is 0 Å². The highest BCUT2D eigenvalue weighted by atomic mass is 16.3. The maximum Gasteiger partial charge on any atom is 0.287 e. The fourth-order valence-electron chi connectivity index (χ4n) is 2.19. The van der Waals surface area contributed by atoms with E-state index in [-0.39, 0.29) is 5.91 Å². The van der Waals surface area contributed by atoms with E-state index in [9.17, 15) is 4.79 Å². The van der Waals surface area contributed by atoms with Gasteiger partial charge in [-0.2, -0.15) is 0 Å². The van der Waals surface area contributed by atoms with Gasteiger partial charge in [-0.05, 0) is 38.3 Å². The van der Waals surface area contributed by atoms with Crippen LogP contribution in [-0.4, -0.2) is 11.9 Å². The molecule has 1 fully saturated rings. The summed E-state index contributed by atoms with van der Waals surface area (Å²) >= 11 is 0. The summed E-state index contributed by atoms with van der Waals surface area (Å²) in [7, 11) is 0. The molecule has 16 heavy (non-hydrogen) atoms. The third kappa shape index (κ3) is 2.46. The number of hydrogen-bond acceptors (Lipinski definition) is 2. The van der Waals surface area contributed by atoms with E-state index in [4.69, 9.17) is 4.42 Å². The molecule has 1 aliphatic rings. The van der Waals surface area contributed by atoms with E-state index in [1.165, 1.54) is 19.3 Å². The summed E-state index contributed by atoms with van der Waals surface area (Å²) in [5.74, 6) is 1.21. The zero-order valence-corrected chi connectivity index (χ0v) is 10.0. The predicted molar refractivity (Wildman–Crippen MR) is 62.5 cm³/mol. The monoisotopic (exact) mass is 221 g/mol. The highest BCUT2D eigenvalue weighted by molar-refractivity contribution is 5.91. The largest absolute Gasteiger partial charge is 0.456 e. The maximum absolute atomic E-state index is 11.9. The van der Waals surface area contributed by atoms with Crippen molar-refractivity contribution >= 4 is 5.91 Å². The molecule has 1 amide bonds. The summed E-state index contributed by atoms with van der Waals surface area (Å²) in [6.07, 6.45) is 5.95. The number of carbonyl (C=O) groups is 1. The van der Waals surface area contributed by atoms with E-state index in [1.807, 2.05) is 19.9 Å². The second kappa shape index (κ2) is 4.73. The minimum atomic E-state index is -0.0666. The number of hydrogen-bond donors (Lipinski definition) is 1. The second-order valence-electron chi connectivity index (χ2n) is 4.66. The van der Waals surface area contributed by atoms with Gasteiger partial charge in [0.05, 0.1) is 0 Å². The minimum Gasteiger partial charge on any atom is -0.456 e. The lowest BCUT2D eigenvalue weighted by Crippen LogP contribution is -2.35. The third-order valence-corrected chi connectivity index (χ3v) is 3.33. The topological polar surface area (TPSA) is 42.2 Å². The van der Waals surface area contributed by atoms with Gasteiger partial charge in [0, 0.05) is 6.04 Å². The van der Waals surface area contributed by atoms with Gasteiger partial charge in [0.1, 0.15) is 5.76 Å². The van der Waals surface area contributed by atoms with Gasteiger partial charge in [0.25, 0.3) is 5.91 Å². The Balaban J connectivity index is 1.96. The Morgan fingerprint density at radius 2 is 2.00 bits per heavy atom. The number of nitrogens with one attached hydrogen (secondary N) is 1. The minimum absolute atomic E-state index is 0.0666. The van der Waals surface area contributed by atoms with Crippen LogP contribution in [0, 0.1) is 13.8 Å². The molecular weight excluding hydrogens is 202 g/mol. The fraction of sp³-hybridized carbons (Fsp3) is 0.615. The number of aryl methyl sites for hydroxylation is 2. The van der Waals surface area contributed by atoms with Gasteiger partial charge in [-0.15, -0.1) is 0 Å². The van der Waals surface area contributed by atoms with Gasteiger partial charge >= 0.3 is 0 Å². The molecule has 1 aromatic rings. The van der Waals surface area contributed by atoms with Crippen molar-refractivity contribution in [2.75, 3.05) is 0 Å². The van der Waals surface area contributed by atoms with Crippen LogP contribution >= 0.6 is 0 Å². The van der Waals surface area contributed by atoms with E-state index in [0.29, 0.717) is 11.8 Å². The molecule has 1 heterocycles. The first-order chi connectivity index (χ1) is 7.66. The number of amides is 1. The molecule has 1 N–H and O–H groups in total. The van der Waals surface area contributed by atoms with E-state index < -0.39 is 0 Å². The molecule has 0 aromatic carbocycles. The van der Waals surface area contributed by atoms with Crippen LogP contribution in [0.15, 0.2) is 10.5 Å². The van der Waals surface area contributed by atoms with Crippen LogP contribution in [0.2, 0.25) is 0 Å². The Bertz CT molecular complexity index is 356. The summed E-state index contributed by atoms with van der Waals surface area (Å²) in [6, 6.07) is 2.15. The first kappa shape index (κ1) is 11.2. The van der Waals surface area contributed by atoms with Crippen LogP contribution in [0.25, 0.3) is 0 Å². The first-order valence-electron chi connectivity index (χ1n) is 6.04. The SMILES string of the molecule is Cc1cc(C(=O)NC2CCCCC2)oc1C. The highest BCUT2D eigenvalue weighted by Crippen LogP contribution is 2.19. The van der Waals surface area contributed by atoms with Crippen molar-refractivity contribution in [1.82, 2.24) is 5.32 Å². The molecule has 0 radical (unpaired) electrons. The van der Waals surface area contributed by atoms with Crippen LogP contribution in [0.4, 0.5) is 0 Å². The lowest BCUT2D eigenvalue weighted by molar-refractivity contribution is 0.0898. The lowest BCUT2D eigenvalue weighted by Gasteiger charge is -2.22. The average molecular weight is 221 g/mol. The Kier molecular flexibility index (Phi) is 3.32. The van der Waals surface area contributed by atoms with Crippen LogP contribution in [0.1, 0.15) is 54.0 Å². The Morgan fingerprint density at radius 3 is 2.56 bits per heavy atom. The number of rotatable bonds is 2. The number of carbonyl (C=O) groups excluding carboxylic acids is 1. The lowest BCUT2D eigenvalue weighted by atomic mass is 9.95. The average Bonchev–Trinajstić information content (AvgIpc) is 2.61. The van der Waals surface area contributed by atoms with Crippen LogP contribution in [0.5, 0.6) is 0 Å². The molecule has 88 valence electrons. The molecular formula is C13H19NO2. The molecule has 0 atom stereocenters. The summed E-state index contributed by atoms with van der Waals surface area (Å²) < 4.78 is 5.41. The quantitative estimate of drug-likeness (QED) is 0.834. The second-order valence-corrected chi connectivity index (χ2v) is 4.66. The van der Waals surface area contributed by atoms with Gasteiger partial charge in [0.2, 0.25) is 0 Å². The van der Waals surface area contributed by atoms with Crippen LogP contribution in [0.3, 0.4) is 0 Å². The van der Waals surface area contributed by atoms with E-state index in [1.54, 1.807) is 0 Å². The molecule has 1 aliphatic carbocycles. The first-order valence-corrected chi connectivity index (χ1v) is 6.04. The summed E-state index contributed by atoms with van der Waals surface area (Å²) in [6.45, 7) is 3.84.